The van der Waals surface area contributed by atoms with E-state index >= 15 is 0 Å². The van der Waals surface area contributed by atoms with E-state index in [1.807, 2.05) is 32.1 Å². The zero-order chi connectivity index (χ0) is 11.1. The van der Waals surface area contributed by atoms with Gasteiger partial charge in [-0.15, -0.1) is 0 Å². The predicted molar refractivity (Wildman–Crippen MR) is 58.6 cm³/mol. The van der Waals surface area contributed by atoms with Crippen molar-refractivity contribution in [2.24, 2.45) is 11.1 Å². The Bertz CT molecular complexity index is 466. The normalized spacial score (nSPS) is 17.9. The highest BCUT2D eigenvalue weighted by Gasteiger charge is 2.22. The third kappa shape index (κ3) is 1.70. The van der Waals surface area contributed by atoms with Crippen molar-refractivity contribution < 1.29 is 4.79 Å². The largest absolute Gasteiger partial charge is 0.366 e. The summed E-state index contributed by atoms with van der Waals surface area (Å²) < 4.78 is 0. The Morgan fingerprint density at radius 1 is 1.53 bits per heavy atom. The molecule has 1 heterocycles. The van der Waals surface area contributed by atoms with E-state index < -0.39 is 5.91 Å². The average Bonchev–Trinajstić information content (AvgIpc) is 2.54. The lowest BCUT2D eigenvalue weighted by Gasteiger charge is -2.14. The van der Waals surface area contributed by atoms with Gasteiger partial charge in [-0.25, -0.2) is 4.98 Å². The molecule has 0 spiro atoms. The molecule has 0 radical (unpaired) electrons. The van der Waals surface area contributed by atoms with Crippen LogP contribution in [0.25, 0.3) is 11.6 Å². The molecule has 15 heavy (non-hydrogen) atoms. The molecule has 1 aliphatic carbocycles. The molecular weight excluding hydrogens is 190 g/mol. The number of aromatic amines is 1. The van der Waals surface area contributed by atoms with Crippen LogP contribution < -0.4 is 5.73 Å². The van der Waals surface area contributed by atoms with Crippen LogP contribution in [-0.4, -0.2) is 15.9 Å². The SMILES string of the molecule is CC1(C)C=Cc2[nH]cnc2C(C(N)=O)=C1. The van der Waals surface area contributed by atoms with Gasteiger partial charge in [-0.05, 0) is 6.08 Å². The molecule has 0 fully saturated rings. The lowest BCUT2D eigenvalue weighted by atomic mass is 9.91. The van der Waals surface area contributed by atoms with Gasteiger partial charge in [-0.2, -0.15) is 0 Å². The summed E-state index contributed by atoms with van der Waals surface area (Å²) in [6, 6.07) is 0. The Morgan fingerprint density at radius 3 is 2.93 bits per heavy atom. The number of aromatic nitrogens is 2. The summed E-state index contributed by atoms with van der Waals surface area (Å²) in [4.78, 5) is 18.4. The minimum atomic E-state index is -0.444. The van der Waals surface area contributed by atoms with Crippen LogP contribution in [0.3, 0.4) is 0 Å². The maximum atomic E-state index is 11.3. The van der Waals surface area contributed by atoms with Crippen molar-refractivity contribution in [3.05, 3.63) is 29.9 Å². The second-order valence-electron chi connectivity index (χ2n) is 4.24. The van der Waals surface area contributed by atoms with Gasteiger partial charge in [-0.1, -0.05) is 26.0 Å². The van der Waals surface area contributed by atoms with Gasteiger partial charge in [0, 0.05) is 5.41 Å². The highest BCUT2D eigenvalue weighted by Crippen LogP contribution is 2.30. The van der Waals surface area contributed by atoms with E-state index in [-0.39, 0.29) is 5.41 Å². The first-order chi connectivity index (χ1) is 6.99. The summed E-state index contributed by atoms with van der Waals surface area (Å²) in [5, 5.41) is 0. The number of nitrogens with two attached hydrogens (primary N) is 1. The number of imidazole rings is 1. The minimum Gasteiger partial charge on any atom is -0.366 e. The van der Waals surface area contributed by atoms with Crippen LogP contribution in [0, 0.1) is 5.41 Å². The van der Waals surface area contributed by atoms with Crippen molar-refractivity contribution in [3.63, 3.8) is 0 Å². The summed E-state index contributed by atoms with van der Waals surface area (Å²) in [5.41, 5.74) is 7.08. The molecule has 0 unspecified atom stereocenters. The van der Waals surface area contributed by atoms with Crippen LogP contribution in [0.2, 0.25) is 0 Å². The second kappa shape index (κ2) is 3.08. The van der Waals surface area contributed by atoms with Crippen molar-refractivity contribution in [1.29, 1.82) is 0 Å². The average molecular weight is 203 g/mol. The molecule has 4 nitrogen and oxygen atoms in total. The van der Waals surface area contributed by atoms with Crippen LogP contribution in [0.1, 0.15) is 25.2 Å². The van der Waals surface area contributed by atoms with Gasteiger partial charge in [0.25, 0.3) is 5.91 Å². The highest BCUT2D eigenvalue weighted by molar-refractivity contribution is 6.19. The monoisotopic (exact) mass is 203 g/mol. The minimum absolute atomic E-state index is 0.189. The van der Waals surface area contributed by atoms with E-state index in [1.165, 1.54) is 0 Å². The fourth-order valence-corrected chi connectivity index (χ4v) is 1.62. The number of fused-ring (bicyclic) bond motifs is 1. The quantitative estimate of drug-likeness (QED) is 0.722. The van der Waals surface area contributed by atoms with Crippen molar-refractivity contribution in [1.82, 2.24) is 9.97 Å². The van der Waals surface area contributed by atoms with Crippen LogP contribution in [0.5, 0.6) is 0 Å². The van der Waals surface area contributed by atoms with E-state index in [4.69, 9.17) is 5.73 Å². The van der Waals surface area contributed by atoms with Crippen LogP contribution in [0.4, 0.5) is 0 Å². The number of carbonyl (C=O) groups excluding carboxylic acids is 1. The number of amides is 1. The summed E-state index contributed by atoms with van der Waals surface area (Å²) in [6.07, 6.45) is 7.34. The summed E-state index contributed by atoms with van der Waals surface area (Å²) in [6.45, 7) is 4.02. The van der Waals surface area contributed by atoms with Gasteiger partial charge in [0.2, 0.25) is 0 Å². The van der Waals surface area contributed by atoms with Crippen LogP contribution in [-0.2, 0) is 4.79 Å². The number of nitrogens with zero attached hydrogens (tertiary/aromatic N) is 1. The fourth-order valence-electron chi connectivity index (χ4n) is 1.62. The first kappa shape index (κ1) is 9.71. The molecule has 3 N–H and O–H groups in total. The molecule has 0 atom stereocenters. The van der Waals surface area contributed by atoms with Crippen molar-refractivity contribution in [3.8, 4) is 0 Å². The first-order valence-corrected chi connectivity index (χ1v) is 4.75. The Morgan fingerprint density at radius 2 is 2.27 bits per heavy atom. The fraction of sp³-hybridized carbons (Fsp3) is 0.273. The van der Waals surface area contributed by atoms with Gasteiger partial charge in [0.1, 0.15) is 5.69 Å². The molecule has 1 aliphatic rings. The second-order valence-corrected chi connectivity index (χ2v) is 4.24. The van der Waals surface area contributed by atoms with Gasteiger partial charge in [-0.3, -0.25) is 4.79 Å². The van der Waals surface area contributed by atoms with Gasteiger partial charge < -0.3 is 10.7 Å². The third-order valence-electron chi connectivity index (χ3n) is 2.39. The zero-order valence-electron chi connectivity index (χ0n) is 8.74. The molecule has 4 heteroatoms. The summed E-state index contributed by atoms with van der Waals surface area (Å²) >= 11 is 0. The first-order valence-electron chi connectivity index (χ1n) is 4.75. The van der Waals surface area contributed by atoms with E-state index in [9.17, 15) is 4.79 Å². The molecule has 78 valence electrons. The Kier molecular flexibility index (Phi) is 2.00. The third-order valence-corrected chi connectivity index (χ3v) is 2.39. The van der Waals surface area contributed by atoms with E-state index in [0.29, 0.717) is 11.3 Å². The number of rotatable bonds is 1. The molecule has 0 saturated carbocycles. The predicted octanol–water partition coefficient (Wildman–Crippen LogP) is 1.33. The summed E-state index contributed by atoms with van der Waals surface area (Å²) in [5.74, 6) is -0.444. The number of carbonyl (C=O) groups is 1. The Balaban J connectivity index is 2.63. The van der Waals surface area contributed by atoms with Crippen molar-refractivity contribution >= 4 is 17.6 Å². The molecular formula is C11H13N3O. The lowest BCUT2D eigenvalue weighted by molar-refractivity contribution is -0.112. The van der Waals surface area contributed by atoms with Gasteiger partial charge in [0.15, 0.2) is 0 Å². The van der Waals surface area contributed by atoms with Crippen molar-refractivity contribution in [2.75, 3.05) is 0 Å². The molecule has 0 aliphatic heterocycles. The Hall–Kier alpha value is -1.84. The van der Waals surface area contributed by atoms with Gasteiger partial charge >= 0.3 is 0 Å². The molecule has 2 rings (SSSR count). The molecule has 1 amide bonds. The number of primary amides is 1. The van der Waals surface area contributed by atoms with E-state index in [0.717, 1.165) is 5.69 Å². The highest BCUT2D eigenvalue weighted by atomic mass is 16.1. The number of hydrogen-bond donors (Lipinski definition) is 2. The zero-order valence-corrected chi connectivity index (χ0v) is 8.74. The maximum absolute atomic E-state index is 11.3. The topological polar surface area (TPSA) is 71.8 Å². The molecule has 1 aromatic rings. The van der Waals surface area contributed by atoms with E-state index in [2.05, 4.69) is 9.97 Å². The molecule has 0 bridgehead atoms. The molecule has 0 aromatic carbocycles. The smallest absolute Gasteiger partial charge is 0.250 e. The maximum Gasteiger partial charge on any atom is 0.250 e. The van der Waals surface area contributed by atoms with Crippen LogP contribution in [0.15, 0.2) is 18.5 Å². The standard InChI is InChI=1S/C11H13N3O/c1-11(2)4-3-8-9(14-6-13-8)7(5-11)10(12)15/h3-6H,1-2H3,(H2,12,15)(H,13,14). The van der Waals surface area contributed by atoms with Gasteiger partial charge in [0.05, 0.1) is 17.6 Å². The molecule has 0 saturated heterocycles. The number of H-pyrrole nitrogens is 1. The number of hydrogen-bond acceptors (Lipinski definition) is 2. The van der Waals surface area contributed by atoms with Crippen LogP contribution >= 0.6 is 0 Å². The lowest BCUT2D eigenvalue weighted by Crippen LogP contribution is -2.15. The summed E-state index contributed by atoms with van der Waals surface area (Å²) in [7, 11) is 0. The van der Waals surface area contributed by atoms with Crippen molar-refractivity contribution in [2.45, 2.75) is 13.8 Å². The van der Waals surface area contributed by atoms with E-state index in [1.54, 1.807) is 6.33 Å². The molecule has 1 aromatic heterocycles. The number of nitrogens with one attached hydrogen (secondary N) is 1. The number of allylic oxidation sites excluding steroid dienone is 2. The Labute approximate surface area is 87.9 Å².